The molecule has 200 valence electrons. The first-order valence-corrected chi connectivity index (χ1v) is 12.3. The third-order valence-corrected chi connectivity index (χ3v) is 6.41. The van der Waals surface area contributed by atoms with Gasteiger partial charge in [-0.1, -0.05) is 19.9 Å². The highest BCUT2D eigenvalue weighted by atomic mass is 19.1. The molecule has 0 spiro atoms. The molecule has 2 aromatic carbocycles. The Morgan fingerprint density at radius 2 is 1.81 bits per heavy atom. The maximum atomic E-state index is 13.4. The number of carbonyl (C=O) groups excluding carboxylic acids is 3. The Balaban J connectivity index is 1.88. The van der Waals surface area contributed by atoms with Crippen molar-refractivity contribution < 1.29 is 28.2 Å². The summed E-state index contributed by atoms with van der Waals surface area (Å²) in [5, 5.41) is 5.23. The second-order valence-corrected chi connectivity index (χ2v) is 9.30. The summed E-state index contributed by atoms with van der Waals surface area (Å²) < 4.78 is 25.2. The number of halogens is 1. The van der Waals surface area contributed by atoms with Crippen LogP contribution in [0.15, 0.2) is 42.5 Å². The monoisotopic (exact) mass is 514 g/mol. The van der Waals surface area contributed by atoms with Crippen LogP contribution in [0.2, 0.25) is 0 Å². The quantitative estimate of drug-likeness (QED) is 0.637. The van der Waals surface area contributed by atoms with E-state index in [-0.39, 0.29) is 42.0 Å². The van der Waals surface area contributed by atoms with Crippen molar-refractivity contribution in [3.05, 3.63) is 53.8 Å². The Labute approximate surface area is 216 Å². The number of benzene rings is 2. The van der Waals surface area contributed by atoms with Crippen LogP contribution in [0, 0.1) is 11.7 Å². The molecule has 2 N–H and O–H groups in total. The highest BCUT2D eigenvalue weighted by Gasteiger charge is 2.30. The molecular formula is C27H35FN4O5. The Kier molecular flexibility index (Phi) is 9.46. The number of hydrogen-bond acceptors (Lipinski definition) is 5. The zero-order valence-electron chi connectivity index (χ0n) is 21.9. The average molecular weight is 515 g/mol. The van der Waals surface area contributed by atoms with Gasteiger partial charge in [-0.05, 0) is 43.3 Å². The van der Waals surface area contributed by atoms with Gasteiger partial charge in [0.1, 0.15) is 18.2 Å². The van der Waals surface area contributed by atoms with E-state index < -0.39 is 11.8 Å². The van der Waals surface area contributed by atoms with Crippen LogP contribution in [-0.2, 0) is 9.53 Å². The van der Waals surface area contributed by atoms with Crippen LogP contribution >= 0.6 is 0 Å². The minimum atomic E-state index is -0.587. The molecule has 3 atom stereocenters. The molecule has 2 aromatic rings. The summed E-state index contributed by atoms with van der Waals surface area (Å²) in [6, 6.07) is 9.47. The maximum absolute atomic E-state index is 13.4. The molecule has 0 bridgehead atoms. The topological polar surface area (TPSA) is 100 Å². The van der Waals surface area contributed by atoms with Crippen molar-refractivity contribution in [1.29, 1.82) is 0 Å². The Hall–Kier alpha value is -3.66. The van der Waals surface area contributed by atoms with Crippen molar-refractivity contribution in [2.45, 2.75) is 39.3 Å². The first-order valence-electron chi connectivity index (χ1n) is 12.3. The molecule has 9 nitrogen and oxygen atoms in total. The largest absolute Gasteiger partial charge is 0.491 e. The van der Waals surface area contributed by atoms with Crippen LogP contribution in [0.4, 0.5) is 20.6 Å². The fraction of sp³-hybridized carbons (Fsp3) is 0.444. The molecule has 37 heavy (non-hydrogen) atoms. The second-order valence-electron chi connectivity index (χ2n) is 9.30. The van der Waals surface area contributed by atoms with Gasteiger partial charge in [-0.2, -0.15) is 0 Å². The number of anilines is 2. The number of likely N-dealkylation sites (N-methyl/N-ethyl adjacent to an activating group) is 1. The summed E-state index contributed by atoms with van der Waals surface area (Å²) in [6.07, 6.45) is 0.0756. The zero-order chi connectivity index (χ0) is 27.1. The number of amides is 4. The molecule has 0 fully saturated rings. The molecule has 4 amide bonds. The molecular weight excluding hydrogens is 479 g/mol. The van der Waals surface area contributed by atoms with Crippen LogP contribution in [0.3, 0.4) is 0 Å². The lowest BCUT2D eigenvalue weighted by molar-refractivity contribution is -0.135. The Morgan fingerprint density at radius 1 is 1.11 bits per heavy atom. The van der Waals surface area contributed by atoms with E-state index in [0.29, 0.717) is 36.6 Å². The number of ether oxygens (including phenoxy) is 2. The molecule has 0 aliphatic carbocycles. The van der Waals surface area contributed by atoms with Crippen molar-refractivity contribution in [1.82, 2.24) is 9.80 Å². The number of rotatable bonds is 4. The molecule has 3 rings (SSSR count). The van der Waals surface area contributed by atoms with E-state index in [1.165, 1.54) is 24.3 Å². The fourth-order valence-electron chi connectivity index (χ4n) is 4.26. The van der Waals surface area contributed by atoms with Crippen molar-refractivity contribution in [2.75, 3.05) is 44.5 Å². The highest BCUT2D eigenvalue weighted by molar-refractivity contribution is 6.02. The summed E-state index contributed by atoms with van der Waals surface area (Å²) in [5.41, 5.74) is 0.912. The van der Waals surface area contributed by atoms with Gasteiger partial charge in [-0.25, -0.2) is 9.18 Å². The van der Waals surface area contributed by atoms with Gasteiger partial charge in [-0.3, -0.25) is 9.59 Å². The fourth-order valence-corrected chi connectivity index (χ4v) is 4.26. The van der Waals surface area contributed by atoms with Gasteiger partial charge in [-0.15, -0.1) is 0 Å². The number of nitrogens with one attached hydrogen (secondary N) is 2. The predicted molar refractivity (Wildman–Crippen MR) is 139 cm³/mol. The van der Waals surface area contributed by atoms with Crippen molar-refractivity contribution in [3.63, 3.8) is 0 Å². The molecule has 1 aliphatic heterocycles. The van der Waals surface area contributed by atoms with Gasteiger partial charge in [0.2, 0.25) is 5.91 Å². The Bertz CT molecular complexity index is 1130. The van der Waals surface area contributed by atoms with Gasteiger partial charge in [0.15, 0.2) is 0 Å². The van der Waals surface area contributed by atoms with Gasteiger partial charge >= 0.3 is 6.03 Å². The summed E-state index contributed by atoms with van der Waals surface area (Å²) in [6.45, 7) is 6.70. The van der Waals surface area contributed by atoms with E-state index in [1.54, 1.807) is 42.2 Å². The molecule has 0 aromatic heterocycles. The number of hydrogen-bond donors (Lipinski definition) is 2. The number of nitrogens with zero attached hydrogens (tertiary/aromatic N) is 2. The molecule has 0 unspecified atom stereocenters. The summed E-state index contributed by atoms with van der Waals surface area (Å²) in [5.74, 6) is -0.445. The standard InChI is InChI=1S/C27H35FN4O5/c1-6-25(33)32-14-17(2)24(36-5)15-31(4)26(34)22-13-21(10-11-23(22)37-16-18(32)3)30-27(35)29-20-9-7-8-19(28)12-20/h7-13,17-18,24H,6,14-16H2,1-5H3,(H2,29,30,35)/t17-,18-,24+/m0/s1. The lowest BCUT2D eigenvalue weighted by Gasteiger charge is -2.36. The number of carbonyl (C=O) groups is 3. The summed E-state index contributed by atoms with van der Waals surface area (Å²) in [4.78, 5) is 42.0. The zero-order valence-corrected chi connectivity index (χ0v) is 21.9. The minimum absolute atomic E-state index is 0.0170. The van der Waals surface area contributed by atoms with Gasteiger partial charge in [0, 0.05) is 51.0 Å². The third kappa shape index (κ3) is 7.19. The van der Waals surface area contributed by atoms with E-state index in [0.717, 1.165) is 0 Å². The predicted octanol–water partition coefficient (Wildman–Crippen LogP) is 4.21. The minimum Gasteiger partial charge on any atom is -0.491 e. The SMILES string of the molecule is CCC(=O)N1C[C@H](C)[C@H](OC)CN(C)C(=O)c2cc(NC(=O)Nc3cccc(F)c3)ccc2OC[C@@H]1C. The molecule has 0 saturated carbocycles. The molecule has 1 heterocycles. The van der Waals surface area contributed by atoms with Crippen LogP contribution in [0.1, 0.15) is 37.6 Å². The van der Waals surface area contributed by atoms with Crippen LogP contribution < -0.4 is 15.4 Å². The maximum Gasteiger partial charge on any atom is 0.323 e. The lowest BCUT2D eigenvalue weighted by Crippen LogP contribution is -2.48. The van der Waals surface area contributed by atoms with Crippen LogP contribution in [-0.4, -0.2) is 73.6 Å². The normalized spacial score (nSPS) is 20.7. The van der Waals surface area contributed by atoms with Gasteiger partial charge < -0.3 is 29.9 Å². The second kappa shape index (κ2) is 12.5. The van der Waals surface area contributed by atoms with Crippen molar-refractivity contribution in [3.8, 4) is 5.75 Å². The van der Waals surface area contributed by atoms with Gasteiger partial charge in [0.25, 0.3) is 5.91 Å². The van der Waals surface area contributed by atoms with Crippen molar-refractivity contribution in [2.24, 2.45) is 5.92 Å². The average Bonchev–Trinajstić information content (AvgIpc) is 2.87. The van der Waals surface area contributed by atoms with Crippen LogP contribution in [0.25, 0.3) is 0 Å². The molecule has 10 heteroatoms. The van der Waals surface area contributed by atoms with Crippen LogP contribution in [0.5, 0.6) is 5.75 Å². The first-order chi connectivity index (χ1) is 17.6. The van der Waals surface area contributed by atoms with E-state index in [4.69, 9.17) is 9.47 Å². The molecule has 0 saturated heterocycles. The third-order valence-electron chi connectivity index (χ3n) is 6.41. The highest BCUT2D eigenvalue weighted by Crippen LogP contribution is 2.27. The van der Waals surface area contributed by atoms with E-state index in [9.17, 15) is 18.8 Å². The number of urea groups is 1. The number of methoxy groups -OCH3 is 1. The molecule has 0 radical (unpaired) electrons. The molecule has 1 aliphatic rings. The Morgan fingerprint density at radius 3 is 2.46 bits per heavy atom. The summed E-state index contributed by atoms with van der Waals surface area (Å²) >= 11 is 0. The van der Waals surface area contributed by atoms with Crippen molar-refractivity contribution >= 4 is 29.2 Å². The van der Waals surface area contributed by atoms with E-state index >= 15 is 0 Å². The first kappa shape index (κ1) is 27.9. The van der Waals surface area contributed by atoms with E-state index in [2.05, 4.69) is 10.6 Å². The smallest absolute Gasteiger partial charge is 0.323 e. The lowest BCUT2D eigenvalue weighted by atomic mass is 10.0. The number of fused-ring (bicyclic) bond motifs is 1. The summed E-state index contributed by atoms with van der Waals surface area (Å²) in [7, 11) is 3.27. The van der Waals surface area contributed by atoms with E-state index in [1.807, 2.05) is 20.8 Å². The van der Waals surface area contributed by atoms with Gasteiger partial charge in [0.05, 0.1) is 17.7 Å².